The molecule has 0 aliphatic carbocycles. The molecule has 20 heavy (non-hydrogen) atoms. The molecule has 0 saturated heterocycles. The molecule has 104 valence electrons. The maximum absolute atomic E-state index is 11.8. The SMILES string of the molecule is CC(N)c1cccc(NC(=O)Nc2ccc(=O)[nH]n2)c1. The van der Waals surface area contributed by atoms with Gasteiger partial charge in [-0.3, -0.25) is 10.1 Å². The summed E-state index contributed by atoms with van der Waals surface area (Å²) in [4.78, 5) is 22.6. The van der Waals surface area contributed by atoms with Crippen molar-refractivity contribution >= 4 is 17.5 Å². The molecule has 7 heteroatoms. The quantitative estimate of drug-likeness (QED) is 0.677. The summed E-state index contributed by atoms with van der Waals surface area (Å²) in [7, 11) is 0. The standard InChI is InChI=1S/C13H15N5O2/c1-8(14)9-3-2-4-10(7-9)15-13(20)16-11-5-6-12(19)18-17-11/h2-8H,14H2,1H3,(H,18,19)(H2,15,16,17,20). The zero-order valence-corrected chi connectivity index (χ0v) is 10.9. The van der Waals surface area contributed by atoms with Crippen molar-refractivity contribution in [1.82, 2.24) is 10.2 Å². The van der Waals surface area contributed by atoms with E-state index in [1.165, 1.54) is 12.1 Å². The summed E-state index contributed by atoms with van der Waals surface area (Å²) < 4.78 is 0. The van der Waals surface area contributed by atoms with Gasteiger partial charge >= 0.3 is 6.03 Å². The Morgan fingerprint density at radius 3 is 2.75 bits per heavy atom. The number of hydrogen-bond donors (Lipinski definition) is 4. The largest absolute Gasteiger partial charge is 0.324 e. The molecule has 5 N–H and O–H groups in total. The van der Waals surface area contributed by atoms with Gasteiger partial charge in [0.05, 0.1) is 0 Å². The molecule has 2 rings (SSSR count). The van der Waals surface area contributed by atoms with Gasteiger partial charge in [0.1, 0.15) is 0 Å². The zero-order chi connectivity index (χ0) is 14.5. The fourth-order valence-corrected chi connectivity index (χ4v) is 1.59. The van der Waals surface area contributed by atoms with Crippen molar-refractivity contribution in [2.24, 2.45) is 5.73 Å². The molecule has 7 nitrogen and oxygen atoms in total. The van der Waals surface area contributed by atoms with E-state index >= 15 is 0 Å². The van der Waals surface area contributed by atoms with E-state index in [0.29, 0.717) is 5.69 Å². The fraction of sp³-hybridized carbons (Fsp3) is 0.154. The molecule has 1 unspecified atom stereocenters. The van der Waals surface area contributed by atoms with Gasteiger partial charge in [-0.2, -0.15) is 5.10 Å². The second-order valence-corrected chi connectivity index (χ2v) is 4.30. The minimum atomic E-state index is -0.452. The first-order valence-electron chi connectivity index (χ1n) is 6.04. The highest BCUT2D eigenvalue weighted by Crippen LogP contribution is 2.15. The van der Waals surface area contributed by atoms with Crippen LogP contribution in [0.2, 0.25) is 0 Å². The molecule has 1 heterocycles. The normalized spacial score (nSPS) is 11.7. The minimum Gasteiger partial charge on any atom is -0.324 e. The topological polar surface area (TPSA) is 113 Å². The summed E-state index contributed by atoms with van der Waals surface area (Å²) in [6.45, 7) is 1.86. The summed E-state index contributed by atoms with van der Waals surface area (Å²) in [5.74, 6) is 0.255. The number of nitrogens with two attached hydrogens (primary N) is 1. The monoisotopic (exact) mass is 273 g/mol. The van der Waals surface area contributed by atoms with Crippen LogP contribution in [-0.2, 0) is 0 Å². The van der Waals surface area contributed by atoms with Crippen LogP contribution in [0, 0.1) is 0 Å². The molecule has 1 aromatic heterocycles. The van der Waals surface area contributed by atoms with Crippen LogP contribution in [0.3, 0.4) is 0 Å². The molecule has 0 radical (unpaired) electrons. The first-order chi connectivity index (χ1) is 9.54. The molecule has 0 aliphatic rings. The van der Waals surface area contributed by atoms with Gasteiger partial charge in [-0.15, -0.1) is 0 Å². The molecule has 2 aromatic rings. The lowest BCUT2D eigenvalue weighted by Crippen LogP contribution is -2.21. The van der Waals surface area contributed by atoms with Crippen molar-refractivity contribution in [3.63, 3.8) is 0 Å². The Labute approximate surface area is 115 Å². The van der Waals surface area contributed by atoms with Gasteiger partial charge in [0, 0.05) is 17.8 Å². The molecule has 1 atom stereocenters. The number of carbonyl (C=O) groups is 1. The predicted molar refractivity (Wildman–Crippen MR) is 76.5 cm³/mol. The maximum atomic E-state index is 11.8. The van der Waals surface area contributed by atoms with Crippen LogP contribution >= 0.6 is 0 Å². The number of benzene rings is 1. The van der Waals surface area contributed by atoms with Gasteiger partial charge in [-0.25, -0.2) is 9.89 Å². The van der Waals surface area contributed by atoms with E-state index in [4.69, 9.17) is 5.73 Å². The molecule has 0 fully saturated rings. The third-order valence-corrected chi connectivity index (χ3v) is 2.59. The number of nitrogens with zero attached hydrogens (tertiary/aromatic N) is 1. The van der Waals surface area contributed by atoms with Gasteiger partial charge in [-0.05, 0) is 30.7 Å². The van der Waals surface area contributed by atoms with E-state index in [-0.39, 0.29) is 17.4 Å². The molecule has 0 spiro atoms. The van der Waals surface area contributed by atoms with Gasteiger partial charge in [0.2, 0.25) is 0 Å². The molecule has 0 saturated carbocycles. The molecular weight excluding hydrogens is 258 g/mol. The molecule has 2 amide bonds. The number of amides is 2. The van der Waals surface area contributed by atoms with Crippen LogP contribution in [0.4, 0.5) is 16.3 Å². The lowest BCUT2D eigenvalue weighted by molar-refractivity contribution is 0.262. The number of hydrogen-bond acceptors (Lipinski definition) is 4. The van der Waals surface area contributed by atoms with Crippen molar-refractivity contribution in [2.45, 2.75) is 13.0 Å². The third kappa shape index (κ3) is 3.66. The number of carbonyl (C=O) groups excluding carboxylic acids is 1. The van der Waals surface area contributed by atoms with Gasteiger partial charge < -0.3 is 11.1 Å². The Balaban J connectivity index is 2.02. The Bertz CT molecular complexity index is 645. The summed E-state index contributed by atoms with van der Waals surface area (Å²) in [6.07, 6.45) is 0. The van der Waals surface area contributed by atoms with E-state index in [0.717, 1.165) is 5.56 Å². The second kappa shape index (κ2) is 5.98. The van der Waals surface area contributed by atoms with Crippen molar-refractivity contribution in [1.29, 1.82) is 0 Å². The first-order valence-corrected chi connectivity index (χ1v) is 6.04. The van der Waals surface area contributed by atoms with Crippen molar-refractivity contribution < 1.29 is 4.79 Å². The number of rotatable bonds is 3. The molecule has 1 aromatic carbocycles. The van der Waals surface area contributed by atoms with Crippen LogP contribution in [0.1, 0.15) is 18.5 Å². The van der Waals surface area contributed by atoms with Crippen LogP contribution in [0.5, 0.6) is 0 Å². The molecule has 0 aliphatic heterocycles. The van der Waals surface area contributed by atoms with Crippen LogP contribution in [0.25, 0.3) is 0 Å². The number of aromatic nitrogens is 2. The maximum Gasteiger partial charge on any atom is 0.324 e. The number of aromatic amines is 1. The van der Waals surface area contributed by atoms with Gasteiger partial charge in [0.15, 0.2) is 5.82 Å². The Hall–Kier alpha value is -2.67. The van der Waals surface area contributed by atoms with E-state index in [2.05, 4.69) is 20.8 Å². The minimum absolute atomic E-state index is 0.110. The van der Waals surface area contributed by atoms with Crippen LogP contribution < -0.4 is 21.9 Å². The number of urea groups is 1. The van der Waals surface area contributed by atoms with Gasteiger partial charge in [0.25, 0.3) is 5.56 Å². The first kappa shape index (κ1) is 13.8. The van der Waals surface area contributed by atoms with E-state index in [9.17, 15) is 9.59 Å². The summed E-state index contributed by atoms with van der Waals surface area (Å²) >= 11 is 0. The van der Waals surface area contributed by atoms with Crippen LogP contribution in [0.15, 0.2) is 41.2 Å². The number of nitrogens with one attached hydrogen (secondary N) is 3. The summed E-state index contributed by atoms with van der Waals surface area (Å²) in [5.41, 5.74) is 6.99. The average Bonchev–Trinajstić information content (AvgIpc) is 2.41. The third-order valence-electron chi connectivity index (χ3n) is 2.59. The predicted octanol–water partition coefficient (Wildman–Crippen LogP) is 1.43. The smallest absolute Gasteiger partial charge is 0.324 e. The van der Waals surface area contributed by atoms with E-state index in [1.807, 2.05) is 19.1 Å². The number of H-pyrrole nitrogens is 1. The van der Waals surface area contributed by atoms with Crippen molar-refractivity contribution in [3.05, 3.63) is 52.3 Å². The number of anilines is 2. The van der Waals surface area contributed by atoms with E-state index in [1.54, 1.807) is 12.1 Å². The molecule has 0 bridgehead atoms. The Kier molecular flexibility index (Phi) is 4.11. The highest BCUT2D eigenvalue weighted by molar-refractivity contribution is 5.99. The lowest BCUT2D eigenvalue weighted by Gasteiger charge is -2.10. The average molecular weight is 273 g/mol. The molecular formula is C13H15N5O2. The highest BCUT2D eigenvalue weighted by Gasteiger charge is 2.05. The second-order valence-electron chi connectivity index (χ2n) is 4.30. The summed E-state index contributed by atoms with van der Waals surface area (Å²) in [5, 5.41) is 11.1. The van der Waals surface area contributed by atoms with Crippen LogP contribution in [-0.4, -0.2) is 16.2 Å². The zero-order valence-electron chi connectivity index (χ0n) is 10.9. The van der Waals surface area contributed by atoms with Crippen molar-refractivity contribution in [2.75, 3.05) is 10.6 Å². The van der Waals surface area contributed by atoms with Gasteiger partial charge in [-0.1, -0.05) is 12.1 Å². The Morgan fingerprint density at radius 1 is 1.30 bits per heavy atom. The fourth-order valence-electron chi connectivity index (χ4n) is 1.59. The summed E-state index contributed by atoms with van der Waals surface area (Å²) in [6, 6.07) is 9.38. The highest BCUT2D eigenvalue weighted by atomic mass is 16.2. The lowest BCUT2D eigenvalue weighted by atomic mass is 10.1. The van der Waals surface area contributed by atoms with E-state index < -0.39 is 6.03 Å². The van der Waals surface area contributed by atoms with Crippen molar-refractivity contribution in [3.8, 4) is 0 Å². The Morgan fingerprint density at radius 2 is 2.10 bits per heavy atom.